The second-order valence-electron chi connectivity index (χ2n) is 4.17. The standard InChI is InChI=1S/C13H19Cl2N/c1-4-6-9(2)13(16-3)12-10(14)7-5-8-11(12)15/h5,7-9,13,16H,4,6H2,1-3H3. The molecule has 0 bridgehead atoms. The first-order valence-electron chi connectivity index (χ1n) is 5.73. The van der Waals surface area contributed by atoms with Crippen LogP contribution in [-0.4, -0.2) is 7.05 Å². The van der Waals surface area contributed by atoms with Crippen LogP contribution in [-0.2, 0) is 0 Å². The fraction of sp³-hybridized carbons (Fsp3) is 0.538. The summed E-state index contributed by atoms with van der Waals surface area (Å²) in [6.07, 6.45) is 2.33. The van der Waals surface area contributed by atoms with Crippen molar-refractivity contribution in [2.45, 2.75) is 32.7 Å². The van der Waals surface area contributed by atoms with E-state index in [9.17, 15) is 0 Å². The van der Waals surface area contributed by atoms with Crippen molar-refractivity contribution < 1.29 is 0 Å². The molecule has 0 aromatic heterocycles. The second kappa shape index (κ2) is 6.48. The summed E-state index contributed by atoms with van der Waals surface area (Å²) >= 11 is 12.4. The third-order valence-electron chi connectivity index (χ3n) is 2.93. The van der Waals surface area contributed by atoms with E-state index in [4.69, 9.17) is 23.2 Å². The van der Waals surface area contributed by atoms with E-state index in [-0.39, 0.29) is 6.04 Å². The van der Waals surface area contributed by atoms with Crippen LogP contribution >= 0.6 is 23.2 Å². The van der Waals surface area contributed by atoms with Crippen molar-refractivity contribution in [3.8, 4) is 0 Å². The molecule has 2 atom stereocenters. The molecule has 3 heteroatoms. The van der Waals surface area contributed by atoms with Crippen LogP contribution in [0.2, 0.25) is 10.0 Å². The number of rotatable bonds is 5. The van der Waals surface area contributed by atoms with Crippen molar-refractivity contribution in [2.75, 3.05) is 7.05 Å². The minimum absolute atomic E-state index is 0.223. The lowest BCUT2D eigenvalue weighted by molar-refractivity contribution is 0.384. The molecule has 0 amide bonds. The van der Waals surface area contributed by atoms with Crippen LogP contribution in [0.4, 0.5) is 0 Å². The summed E-state index contributed by atoms with van der Waals surface area (Å²) in [7, 11) is 1.95. The van der Waals surface area contributed by atoms with Crippen LogP contribution in [0.3, 0.4) is 0 Å². The molecule has 16 heavy (non-hydrogen) atoms. The van der Waals surface area contributed by atoms with Gasteiger partial charge in [-0.05, 0) is 31.5 Å². The SMILES string of the molecule is CCCC(C)C(NC)c1c(Cl)cccc1Cl. The average molecular weight is 260 g/mol. The molecule has 1 nitrogen and oxygen atoms in total. The van der Waals surface area contributed by atoms with Gasteiger partial charge in [0, 0.05) is 21.7 Å². The highest BCUT2D eigenvalue weighted by Crippen LogP contribution is 2.35. The van der Waals surface area contributed by atoms with Crippen molar-refractivity contribution in [2.24, 2.45) is 5.92 Å². The molecular weight excluding hydrogens is 241 g/mol. The van der Waals surface area contributed by atoms with E-state index in [1.165, 1.54) is 6.42 Å². The zero-order valence-corrected chi connectivity index (χ0v) is 11.6. The quantitative estimate of drug-likeness (QED) is 0.809. The lowest BCUT2D eigenvalue weighted by atomic mass is 9.91. The summed E-state index contributed by atoms with van der Waals surface area (Å²) in [5.41, 5.74) is 1.02. The molecule has 1 aromatic rings. The van der Waals surface area contributed by atoms with Crippen LogP contribution in [0.1, 0.15) is 38.3 Å². The van der Waals surface area contributed by atoms with Crippen LogP contribution in [0, 0.1) is 5.92 Å². The third kappa shape index (κ3) is 3.13. The molecule has 90 valence electrons. The smallest absolute Gasteiger partial charge is 0.0468 e. The number of hydrogen-bond donors (Lipinski definition) is 1. The number of benzene rings is 1. The monoisotopic (exact) mass is 259 g/mol. The highest BCUT2D eigenvalue weighted by atomic mass is 35.5. The van der Waals surface area contributed by atoms with Gasteiger partial charge in [-0.2, -0.15) is 0 Å². The lowest BCUT2D eigenvalue weighted by Gasteiger charge is -2.25. The Morgan fingerprint density at radius 3 is 2.25 bits per heavy atom. The Hall–Kier alpha value is -0.240. The van der Waals surface area contributed by atoms with Gasteiger partial charge in [0.1, 0.15) is 0 Å². The highest BCUT2D eigenvalue weighted by Gasteiger charge is 2.21. The van der Waals surface area contributed by atoms with Gasteiger partial charge >= 0.3 is 0 Å². The molecule has 0 spiro atoms. The maximum Gasteiger partial charge on any atom is 0.0468 e. The van der Waals surface area contributed by atoms with Crippen LogP contribution in [0.15, 0.2) is 18.2 Å². The van der Waals surface area contributed by atoms with Gasteiger partial charge in [0.2, 0.25) is 0 Å². The first-order valence-corrected chi connectivity index (χ1v) is 6.48. The molecule has 1 aromatic carbocycles. The molecule has 1 N–H and O–H groups in total. The van der Waals surface area contributed by atoms with Crippen LogP contribution in [0.25, 0.3) is 0 Å². The van der Waals surface area contributed by atoms with E-state index in [0.29, 0.717) is 5.92 Å². The summed E-state index contributed by atoms with van der Waals surface area (Å²) < 4.78 is 0. The van der Waals surface area contributed by atoms with Crippen molar-refractivity contribution in [1.29, 1.82) is 0 Å². The summed E-state index contributed by atoms with van der Waals surface area (Å²) in [4.78, 5) is 0. The third-order valence-corrected chi connectivity index (χ3v) is 3.59. The zero-order valence-electron chi connectivity index (χ0n) is 10.1. The summed E-state index contributed by atoms with van der Waals surface area (Å²) in [5, 5.41) is 4.81. The number of halogens is 2. The largest absolute Gasteiger partial charge is 0.313 e. The predicted molar refractivity (Wildman–Crippen MR) is 72.3 cm³/mol. The molecule has 0 fully saturated rings. The summed E-state index contributed by atoms with van der Waals surface area (Å²) in [5.74, 6) is 0.521. The first-order chi connectivity index (χ1) is 7.61. The average Bonchev–Trinajstić information content (AvgIpc) is 2.24. The van der Waals surface area contributed by atoms with Crippen molar-refractivity contribution in [1.82, 2.24) is 5.32 Å². The van der Waals surface area contributed by atoms with Gasteiger partial charge in [-0.25, -0.2) is 0 Å². The minimum Gasteiger partial charge on any atom is -0.313 e. The van der Waals surface area contributed by atoms with Crippen LogP contribution in [0.5, 0.6) is 0 Å². The Kier molecular flexibility index (Phi) is 5.60. The number of hydrogen-bond acceptors (Lipinski definition) is 1. The topological polar surface area (TPSA) is 12.0 Å². The Bertz CT molecular complexity index is 318. The van der Waals surface area contributed by atoms with E-state index < -0.39 is 0 Å². The molecule has 0 saturated heterocycles. The van der Waals surface area contributed by atoms with E-state index >= 15 is 0 Å². The molecule has 0 aliphatic heterocycles. The molecule has 1 rings (SSSR count). The molecule has 0 heterocycles. The van der Waals surface area contributed by atoms with Gasteiger partial charge in [0.15, 0.2) is 0 Å². The van der Waals surface area contributed by atoms with Gasteiger partial charge in [-0.3, -0.25) is 0 Å². The molecule has 0 aliphatic carbocycles. The molecular formula is C13H19Cl2N. The van der Waals surface area contributed by atoms with E-state index in [2.05, 4.69) is 19.2 Å². The molecule has 0 saturated carbocycles. The second-order valence-corrected chi connectivity index (χ2v) is 4.98. The normalized spacial score (nSPS) is 14.8. The van der Waals surface area contributed by atoms with E-state index in [1.807, 2.05) is 25.2 Å². The Morgan fingerprint density at radius 2 is 1.81 bits per heavy atom. The Morgan fingerprint density at radius 1 is 1.25 bits per heavy atom. The van der Waals surface area contributed by atoms with Crippen molar-refractivity contribution in [3.05, 3.63) is 33.8 Å². The molecule has 0 aliphatic rings. The molecule has 0 radical (unpaired) electrons. The van der Waals surface area contributed by atoms with Gasteiger partial charge in [-0.1, -0.05) is 49.5 Å². The summed E-state index contributed by atoms with van der Waals surface area (Å²) in [6.45, 7) is 4.42. The minimum atomic E-state index is 0.223. The van der Waals surface area contributed by atoms with E-state index in [0.717, 1.165) is 22.0 Å². The van der Waals surface area contributed by atoms with E-state index in [1.54, 1.807) is 0 Å². The van der Waals surface area contributed by atoms with Crippen molar-refractivity contribution >= 4 is 23.2 Å². The zero-order chi connectivity index (χ0) is 12.1. The van der Waals surface area contributed by atoms with Gasteiger partial charge in [0.25, 0.3) is 0 Å². The Balaban J connectivity index is 3.03. The summed E-state index contributed by atoms with van der Waals surface area (Å²) in [6, 6.07) is 5.89. The lowest BCUT2D eigenvalue weighted by Crippen LogP contribution is -2.24. The fourth-order valence-corrected chi connectivity index (χ4v) is 2.78. The van der Waals surface area contributed by atoms with Crippen molar-refractivity contribution in [3.63, 3.8) is 0 Å². The van der Waals surface area contributed by atoms with Gasteiger partial charge < -0.3 is 5.32 Å². The van der Waals surface area contributed by atoms with Crippen LogP contribution < -0.4 is 5.32 Å². The maximum atomic E-state index is 6.22. The van der Waals surface area contributed by atoms with Gasteiger partial charge in [-0.15, -0.1) is 0 Å². The van der Waals surface area contributed by atoms with Gasteiger partial charge in [0.05, 0.1) is 0 Å². The predicted octanol–water partition coefficient (Wildman–Crippen LogP) is 4.69. The molecule has 2 unspecified atom stereocenters. The highest BCUT2D eigenvalue weighted by molar-refractivity contribution is 6.36. The number of nitrogens with one attached hydrogen (secondary N) is 1. The first kappa shape index (κ1) is 13.8. The maximum absolute atomic E-state index is 6.22. The fourth-order valence-electron chi connectivity index (χ4n) is 2.14. The Labute approximate surface area is 108 Å².